The van der Waals surface area contributed by atoms with Crippen molar-refractivity contribution in [2.75, 3.05) is 12.5 Å². The Kier molecular flexibility index (Phi) is 3.44. The number of ether oxygens (including phenoxy) is 2. The Morgan fingerprint density at radius 2 is 2.21 bits per heavy atom. The highest BCUT2D eigenvalue weighted by molar-refractivity contribution is 9.10. The van der Waals surface area contributed by atoms with Crippen LogP contribution in [0, 0.1) is 0 Å². The van der Waals surface area contributed by atoms with E-state index in [1.807, 2.05) is 24.3 Å². The van der Waals surface area contributed by atoms with Crippen LogP contribution >= 0.6 is 27.5 Å². The van der Waals surface area contributed by atoms with E-state index >= 15 is 0 Å². The molecule has 0 aliphatic carbocycles. The molecule has 0 N–H and O–H groups in total. The third-order valence-electron chi connectivity index (χ3n) is 2.08. The van der Waals surface area contributed by atoms with Crippen LogP contribution in [0.2, 0.25) is 0 Å². The molecule has 0 spiro atoms. The maximum atomic E-state index is 5.68. The van der Waals surface area contributed by atoms with Crippen molar-refractivity contribution in [1.82, 2.24) is 0 Å². The summed E-state index contributed by atoms with van der Waals surface area (Å²) in [6.45, 7) is 0.565. The number of hydrogen-bond acceptors (Lipinski definition) is 2. The molecule has 2 atom stereocenters. The lowest BCUT2D eigenvalue weighted by molar-refractivity contribution is -0.0572. The molecule has 1 heterocycles. The topological polar surface area (TPSA) is 18.5 Å². The molecule has 4 heteroatoms. The molecule has 2 unspecified atom stereocenters. The SMILES string of the molecule is ClCC1COC(c2ccccc2Br)O1. The van der Waals surface area contributed by atoms with E-state index in [2.05, 4.69) is 15.9 Å². The van der Waals surface area contributed by atoms with Crippen molar-refractivity contribution in [3.63, 3.8) is 0 Å². The number of alkyl halides is 1. The van der Waals surface area contributed by atoms with Crippen molar-refractivity contribution in [1.29, 1.82) is 0 Å². The summed E-state index contributed by atoms with van der Waals surface area (Å²) in [7, 11) is 0. The number of benzene rings is 1. The van der Waals surface area contributed by atoms with Crippen LogP contribution in [-0.4, -0.2) is 18.6 Å². The van der Waals surface area contributed by atoms with Gasteiger partial charge >= 0.3 is 0 Å². The molecule has 1 aromatic rings. The average Bonchev–Trinajstić information content (AvgIpc) is 2.67. The highest BCUT2D eigenvalue weighted by Gasteiger charge is 2.27. The van der Waals surface area contributed by atoms with E-state index < -0.39 is 0 Å². The first-order chi connectivity index (χ1) is 6.81. The highest BCUT2D eigenvalue weighted by atomic mass is 79.9. The van der Waals surface area contributed by atoms with E-state index in [0.29, 0.717) is 12.5 Å². The largest absolute Gasteiger partial charge is 0.346 e. The summed E-state index contributed by atoms with van der Waals surface area (Å²) < 4.78 is 12.1. The van der Waals surface area contributed by atoms with Crippen LogP contribution in [0.25, 0.3) is 0 Å². The van der Waals surface area contributed by atoms with Crippen LogP contribution < -0.4 is 0 Å². The second-order valence-electron chi connectivity index (χ2n) is 3.10. The van der Waals surface area contributed by atoms with Gasteiger partial charge in [-0.15, -0.1) is 11.6 Å². The number of rotatable bonds is 2. The third kappa shape index (κ3) is 2.11. The van der Waals surface area contributed by atoms with Crippen LogP contribution in [0.1, 0.15) is 11.9 Å². The molecule has 1 saturated heterocycles. The lowest BCUT2D eigenvalue weighted by atomic mass is 10.2. The summed E-state index contributed by atoms with van der Waals surface area (Å²) in [6.07, 6.45) is -0.275. The molecule has 2 rings (SSSR count). The maximum absolute atomic E-state index is 5.68. The Hall–Kier alpha value is -0.0900. The molecule has 1 fully saturated rings. The van der Waals surface area contributed by atoms with Gasteiger partial charge < -0.3 is 9.47 Å². The van der Waals surface area contributed by atoms with Crippen LogP contribution in [0.5, 0.6) is 0 Å². The van der Waals surface area contributed by atoms with Crippen molar-refractivity contribution in [2.24, 2.45) is 0 Å². The summed E-state index contributed by atoms with van der Waals surface area (Å²) in [5.74, 6) is 0.473. The summed E-state index contributed by atoms with van der Waals surface area (Å²) in [4.78, 5) is 0. The van der Waals surface area contributed by atoms with E-state index in [4.69, 9.17) is 21.1 Å². The number of halogens is 2. The van der Waals surface area contributed by atoms with Crippen LogP contribution in [0.3, 0.4) is 0 Å². The summed E-state index contributed by atoms with van der Waals surface area (Å²) in [5.41, 5.74) is 1.01. The van der Waals surface area contributed by atoms with Crippen LogP contribution in [-0.2, 0) is 9.47 Å². The van der Waals surface area contributed by atoms with Gasteiger partial charge in [0, 0.05) is 10.0 Å². The van der Waals surface area contributed by atoms with Gasteiger partial charge in [-0.2, -0.15) is 0 Å². The first kappa shape index (κ1) is 10.4. The normalized spacial score (nSPS) is 26.7. The third-order valence-corrected chi connectivity index (χ3v) is 3.15. The quantitative estimate of drug-likeness (QED) is 0.773. The minimum absolute atomic E-state index is 0.00812. The fourth-order valence-corrected chi connectivity index (χ4v) is 1.99. The average molecular weight is 278 g/mol. The van der Waals surface area contributed by atoms with E-state index in [9.17, 15) is 0 Å². The predicted molar refractivity (Wildman–Crippen MR) is 58.4 cm³/mol. The molecule has 0 aromatic heterocycles. The van der Waals surface area contributed by atoms with Gasteiger partial charge in [0.25, 0.3) is 0 Å². The van der Waals surface area contributed by atoms with Crippen molar-refractivity contribution >= 4 is 27.5 Å². The Labute approximate surface area is 96.3 Å². The predicted octanol–water partition coefficient (Wildman–Crippen LogP) is 3.10. The smallest absolute Gasteiger partial charge is 0.185 e. The van der Waals surface area contributed by atoms with Gasteiger partial charge in [-0.25, -0.2) is 0 Å². The van der Waals surface area contributed by atoms with Gasteiger partial charge in [0.1, 0.15) is 0 Å². The van der Waals surface area contributed by atoms with Crippen LogP contribution in [0.4, 0.5) is 0 Å². The van der Waals surface area contributed by atoms with Crippen molar-refractivity contribution in [2.45, 2.75) is 12.4 Å². The fourth-order valence-electron chi connectivity index (χ4n) is 1.36. The molecule has 0 amide bonds. The summed E-state index contributed by atoms with van der Waals surface area (Å²) in [5, 5.41) is 0. The molecule has 0 bridgehead atoms. The minimum Gasteiger partial charge on any atom is -0.346 e. The zero-order valence-corrected chi connectivity index (χ0v) is 9.79. The molecular weight excluding hydrogens is 267 g/mol. The zero-order valence-electron chi connectivity index (χ0n) is 7.45. The van der Waals surface area contributed by atoms with E-state index in [1.165, 1.54) is 0 Å². The van der Waals surface area contributed by atoms with Gasteiger partial charge in [-0.1, -0.05) is 34.1 Å². The minimum atomic E-state index is -0.283. The van der Waals surface area contributed by atoms with Gasteiger partial charge in [-0.3, -0.25) is 0 Å². The second kappa shape index (κ2) is 4.62. The Morgan fingerprint density at radius 3 is 2.86 bits per heavy atom. The fraction of sp³-hybridized carbons (Fsp3) is 0.400. The summed E-state index contributed by atoms with van der Waals surface area (Å²) >= 11 is 9.14. The maximum Gasteiger partial charge on any atom is 0.185 e. The molecule has 1 aliphatic heterocycles. The standard InChI is InChI=1S/C10H10BrClO2/c11-9-4-2-1-3-8(9)10-13-6-7(5-12)14-10/h1-4,7,10H,5-6H2. The molecule has 76 valence electrons. The van der Waals surface area contributed by atoms with Crippen LogP contribution in [0.15, 0.2) is 28.7 Å². The molecule has 1 aromatic carbocycles. The van der Waals surface area contributed by atoms with Crippen molar-refractivity contribution in [3.8, 4) is 0 Å². The molecular formula is C10H10BrClO2. The summed E-state index contributed by atoms with van der Waals surface area (Å²) in [6, 6.07) is 7.86. The number of hydrogen-bond donors (Lipinski definition) is 0. The van der Waals surface area contributed by atoms with Crippen molar-refractivity contribution < 1.29 is 9.47 Å². The van der Waals surface area contributed by atoms with Gasteiger partial charge in [0.15, 0.2) is 6.29 Å². The molecule has 1 aliphatic rings. The Morgan fingerprint density at radius 1 is 1.43 bits per heavy atom. The first-order valence-corrected chi connectivity index (χ1v) is 5.71. The molecule has 0 radical (unpaired) electrons. The molecule has 14 heavy (non-hydrogen) atoms. The Balaban J connectivity index is 2.13. The van der Waals surface area contributed by atoms with Gasteiger partial charge in [0.05, 0.1) is 18.6 Å². The van der Waals surface area contributed by atoms with Crippen molar-refractivity contribution in [3.05, 3.63) is 34.3 Å². The monoisotopic (exact) mass is 276 g/mol. The molecule has 2 nitrogen and oxygen atoms in total. The van der Waals surface area contributed by atoms with Gasteiger partial charge in [-0.05, 0) is 6.07 Å². The highest BCUT2D eigenvalue weighted by Crippen LogP contribution is 2.31. The molecule has 0 saturated carbocycles. The van der Waals surface area contributed by atoms with E-state index in [0.717, 1.165) is 10.0 Å². The van der Waals surface area contributed by atoms with E-state index in [1.54, 1.807) is 0 Å². The first-order valence-electron chi connectivity index (χ1n) is 4.38. The second-order valence-corrected chi connectivity index (χ2v) is 4.26. The zero-order chi connectivity index (χ0) is 9.97. The van der Waals surface area contributed by atoms with Gasteiger partial charge in [0.2, 0.25) is 0 Å². The lowest BCUT2D eigenvalue weighted by Gasteiger charge is -2.11. The van der Waals surface area contributed by atoms with E-state index in [-0.39, 0.29) is 12.4 Å². The lowest BCUT2D eigenvalue weighted by Crippen LogP contribution is -2.10. The Bertz CT molecular complexity index is 319.